The summed E-state index contributed by atoms with van der Waals surface area (Å²) in [5.74, 6) is 1.40. The number of aliphatic hydroxyl groups is 1. The first-order valence-electron chi connectivity index (χ1n) is 6.83. The predicted molar refractivity (Wildman–Crippen MR) is 87.1 cm³/mol. The van der Waals surface area contributed by atoms with Crippen LogP contribution >= 0.6 is 11.8 Å². The van der Waals surface area contributed by atoms with Gasteiger partial charge in [0, 0.05) is 18.8 Å². The van der Waals surface area contributed by atoms with E-state index in [1.165, 1.54) is 0 Å². The monoisotopic (exact) mass is 312 g/mol. The van der Waals surface area contributed by atoms with Gasteiger partial charge in [0.25, 0.3) is 0 Å². The van der Waals surface area contributed by atoms with Crippen molar-refractivity contribution in [1.82, 2.24) is 10.6 Å². The summed E-state index contributed by atoms with van der Waals surface area (Å²) >= 11 is 1.55. The number of benzene rings is 1. The highest BCUT2D eigenvalue weighted by atomic mass is 32.2. The molecule has 2 amide bonds. The molecule has 0 radical (unpaired) electrons. The minimum Gasteiger partial charge on any atom is -0.497 e. The number of thioether (sulfide) groups is 1. The number of nitrogens with one attached hydrogen (secondary N) is 2. The number of carbonyl (C=O) groups is 1. The lowest BCUT2D eigenvalue weighted by atomic mass is 10.1. The number of carbonyl (C=O) groups excluding carboxylic acids is 1. The van der Waals surface area contributed by atoms with Crippen LogP contribution in [0.3, 0.4) is 0 Å². The van der Waals surface area contributed by atoms with E-state index in [1.807, 2.05) is 30.5 Å². The molecule has 0 aliphatic carbocycles. The Labute approximate surface area is 130 Å². The fourth-order valence-electron chi connectivity index (χ4n) is 1.81. The standard InChI is InChI=1S/C15H24N2O3S/c1-15(19,11-21-3)10-17-14(18)16-9-8-12-4-6-13(20-2)7-5-12/h4-7,19H,8-11H2,1-3H3,(H2,16,17,18). The van der Waals surface area contributed by atoms with Crippen LogP contribution < -0.4 is 15.4 Å². The second-order valence-corrected chi connectivity index (χ2v) is 6.00. The largest absolute Gasteiger partial charge is 0.497 e. The molecule has 1 aromatic rings. The first-order valence-corrected chi connectivity index (χ1v) is 8.22. The summed E-state index contributed by atoms with van der Waals surface area (Å²) in [6, 6.07) is 7.48. The maximum atomic E-state index is 11.6. The molecule has 1 aromatic carbocycles. The van der Waals surface area contributed by atoms with Gasteiger partial charge in [0.05, 0.1) is 12.7 Å². The first kappa shape index (κ1) is 17.7. The van der Waals surface area contributed by atoms with Gasteiger partial charge in [0.1, 0.15) is 5.75 Å². The van der Waals surface area contributed by atoms with Gasteiger partial charge in [-0.1, -0.05) is 12.1 Å². The highest BCUT2D eigenvalue weighted by Gasteiger charge is 2.20. The fourth-order valence-corrected chi connectivity index (χ4v) is 2.53. The molecule has 0 saturated heterocycles. The van der Waals surface area contributed by atoms with Crippen molar-refractivity contribution in [2.24, 2.45) is 0 Å². The summed E-state index contributed by atoms with van der Waals surface area (Å²) in [5, 5.41) is 15.4. The average molecular weight is 312 g/mol. The summed E-state index contributed by atoms with van der Waals surface area (Å²) in [4.78, 5) is 11.6. The molecule has 0 aliphatic heterocycles. The smallest absolute Gasteiger partial charge is 0.314 e. The van der Waals surface area contributed by atoms with E-state index in [-0.39, 0.29) is 12.6 Å². The van der Waals surface area contributed by atoms with E-state index in [0.717, 1.165) is 17.7 Å². The van der Waals surface area contributed by atoms with Crippen LogP contribution in [-0.4, -0.2) is 48.9 Å². The molecule has 1 atom stereocenters. The van der Waals surface area contributed by atoms with Crippen molar-refractivity contribution in [3.63, 3.8) is 0 Å². The first-order chi connectivity index (χ1) is 9.96. The van der Waals surface area contributed by atoms with Crippen molar-refractivity contribution < 1.29 is 14.6 Å². The lowest BCUT2D eigenvalue weighted by Crippen LogP contribution is -2.46. The summed E-state index contributed by atoms with van der Waals surface area (Å²) in [6.45, 7) is 2.49. The predicted octanol–water partition coefficient (Wildman–Crippen LogP) is 1.65. The van der Waals surface area contributed by atoms with Crippen LogP contribution in [-0.2, 0) is 6.42 Å². The van der Waals surface area contributed by atoms with Crippen LogP contribution in [0.1, 0.15) is 12.5 Å². The lowest BCUT2D eigenvalue weighted by Gasteiger charge is -2.22. The van der Waals surface area contributed by atoms with Gasteiger partial charge in [-0.15, -0.1) is 0 Å². The molecule has 3 N–H and O–H groups in total. The van der Waals surface area contributed by atoms with E-state index < -0.39 is 5.60 Å². The molecule has 0 saturated carbocycles. The number of amides is 2. The Bertz CT molecular complexity index is 435. The Balaban J connectivity index is 2.23. The second-order valence-electron chi connectivity index (χ2n) is 5.14. The number of hydrogen-bond donors (Lipinski definition) is 3. The Morgan fingerprint density at radius 1 is 1.33 bits per heavy atom. The summed E-state index contributed by atoms with van der Waals surface area (Å²) in [5.41, 5.74) is 0.248. The molecular weight excluding hydrogens is 288 g/mol. The third-order valence-electron chi connectivity index (χ3n) is 2.94. The van der Waals surface area contributed by atoms with Gasteiger partial charge in [0.15, 0.2) is 0 Å². The van der Waals surface area contributed by atoms with Crippen molar-refractivity contribution in [3.05, 3.63) is 29.8 Å². The molecule has 21 heavy (non-hydrogen) atoms. The molecule has 0 aromatic heterocycles. The second kappa shape index (κ2) is 8.79. The van der Waals surface area contributed by atoms with E-state index in [4.69, 9.17) is 4.74 Å². The number of urea groups is 1. The van der Waals surface area contributed by atoms with E-state index >= 15 is 0 Å². The highest BCUT2D eigenvalue weighted by Crippen LogP contribution is 2.11. The third kappa shape index (κ3) is 7.24. The average Bonchev–Trinajstić information content (AvgIpc) is 2.46. The molecular formula is C15H24N2O3S. The highest BCUT2D eigenvalue weighted by molar-refractivity contribution is 7.98. The summed E-state index contributed by atoms with van der Waals surface area (Å²) in [6.07, 6.45) is 2.67. The van der Waals surface area contributed by atoms with Gasteiger partial charge in [-0.25, -0.2) is 4.79 Å². The minimum atomic E-state index is -0.882. The van der Waals surface area contributed by atoms with Crippen LogP contribution in [0.5, 0.6) is 5.75 Å². The number of rotatable bonds is 8. The van der Waals surface area contributed by atoms with Gasteiger partial charge < -0.3 is 20.5 Å². The van der Waals surface area contributed by atoms with Gasteiger partial charge in [-0.2, -0.15) is 11.8 Å². The topological polar surface area (TPSA) is 70.6 Å². The summed E-state index contributed by atoms with van der Waals surface area (Å²) < 4.78 is 5.09. The van der Waals surface area contributed by atoms with E-state index in [2.05, 4.69) is 10.6 Å². The third-order valence-corrected chi connectivity index (χ3v) is 3.85. The van der Waals surface area contributed by atoms with Crippen LogP contribution in [0.25, 0.3) is 0 Å². The molecule has 5 nitrogen and oxygen atoms in total. The molecule has 6 heteroatoms. The zero-order chi connectivity index (χ0) is 15.7. The zero-order valence-electron chi connectivity index (χ0n) is 12.8. The minimum absolute atomic E-state index is 0.238. The van der Waals surface area contributed by atoms with Crippen molar-refractivity contribution in [3.8, 4) is 5.75 Å². The van der Waals surface area contributed by atoms with Crippen molar-refractivity contribution >= 4 is 17.8 Å². The SMILES string of the molecule is COc1ccc(CCNC(=O)NCC(C)(O)CSC)cc1. The van der Waals surface area contributed by atoms with Crippen molar-refractivity contribution in [2.75, 3.05) is 32.2 Å². The Morgan fingerprint density at radius 2 is 2.00 bits per heavy atom. The number of methoxy groups -OCH3 is 1. The van der Waals surface area contributed by atoms with Gasteiger partial charge in [-0.3, -0.25) is 0 Å². The maximum absolute atomic E-state index is 11.6. The number of ether oxygens (including phenoxy) is 1. The molecule has 0 fully saturated rings. The van der Waals surface area contributed by atoms with Crippen LogP contribution in [0.2, 0.25) is 0 Å². The van der Waals surface area contributed by atoms with E-state index in [9.17, 15) is 9.90 Å². The Hall–Kier alpha value is -1.40. The molecule has 0 spiro atoms. The molecule has 0 aliphatic rings. The van der Waals surface area contributed by atoms with E-state index in [1.54, 1.807) is 25.8 Å². The van der Waals surface area contributed by atoms with Gasteiger partial charge in [-0.05, 0) is 37.3 Å². The molecule has 0 bridgehead atoms. The normalized spacial score (nSPS) is 13.3. The van der Waals surface area contributed by atoms with Crippen LogP contribution in [0.15, 0.2) is 24.3 Å². The molecule has 0 heterocycles. The van der Waals surface area contributed by atoms with Crippen LogP contribution in [0.4, 0.5) is 4.79 Å². The Morgan fingerprint density at radius 3 is 2.57 bits per heavy atom. The van der Waals surface area contributed by atoms with E-state index in [0.29, 0.717) is 12.3 Å². The summed E-state index contributed by atoms with van der Waals surface area (Å²) in [7, 11) is 1.63. The van der Waals surface area contributed by atoms with Crippen molar-refractivity contribution in [1.29, 1.82) is 0 Å². The Kier molecular flexibility index (Phi) is 7.39. The molecule has 1 unspecified atom stereocenters. The zero-order valence-corrected chi connectivity index (χ0v) is 13.6. The van der Waals surface area contributed by atoms with Crippen LogP contribution in [0, 0.1) is 0 Å². The van der Waals surface area contributed by atoms with Crippen molar-refractivity contribution in [2.45, 2.75) is 18.9 Å². The maximum Gasteiger partial charge on any atom is 0.314 e. The molecule has 1 rings (SSSR count). The quantitative estimate of drug-likeness (QED) is 0.682. The number of hydrogen-bond acceptors (Lipinski definition) is 4. The lowest BCUT2D eigenvalue weighted by molar-refractivity contribution is 0.0869. The molecule has 118 valence electrons. The fraction of sp³-hybridized carbons (Fsp3) is 0.533. The van der Waals surface area contributed by atoms with Gasteiger partial charge in [0.2, 0.25) is 0 Å². The van der Waals surface area contributed by atoms with Gasteiger partial charge >= 0.3 is 6.03 Å².